The number of carbonyl (C=O) groups is 1. The van der Waals surface area contributed by atoms with E-state index in [-0.39, 0.29) is 5.91 Å². The zero-order valence-corrected chi connectivity index (χ0v) is 14.4. The summed E-state index contributed by atoms with van der Waals surface area (Å²) in [5, 5.41) is 2.66. The number of thiocarbonyl (C=S) groups is 1. The van der Waals surface area contributed by atoms with E-state index < -0.39 is 0 Å². The molecule has 0 aliphatic heterocycles. The summed E-state index contributed by atoms with van der Waals surface area (Å²) in [7, 11) is 1.64. The van der Waals surface area contributed by atoms with Gasteiger partial charge in [0.25, 0.3) is 0 Å². The molecule has 0 fully saturated rings. The summed E-state index contributed by atoms with van der Waals surface area (Å²) in [6.45, 7) is 5.26. The maximum atomic E-state index is 11.7. The molecule has 1 aromatic rings. The highest BCUT2D eigenvalue weighted by Gasteiger charge is 2.18. The highest BCUT2D eigenvalue weighted by Crippen LogP contribution is 2.31. The lowest BCUT2D eigenvalue weighted by Gasteiger charge is -2.27. The normalized spacial score (nSPS) is 10.2. The van der Waals surface area contributed by atoms with Crippen LogP contribution in [0.2, 0.25) is 0 Å². The third-order valence-electron chi connectivity index (χ3n) is 3.00. The molecule has 1 aromatic carbocycles. The average Bonchev–Trinajstić information content (AvgIpc) is 2.46. The van der Waals surface area contributed by atoms with Crippen LogP contribution in [-0.2, 0) is 4.79 Å². The van der Waals surface area contributed by atoms with Crippen molar-refractivity contribution in [2.75, 3.05) is 30.8 Å². The lowest BCUT2D eigenvalue weighted by Crippen LogP contribution is -2.37. The summed E-state index contributed by atoms with van der Waals surface area (Å²) >= 11 is 6.94. The van der Waals surface area contributed by atoms with Crippen molar-refractivity contribution in [3.05, 3.63) is 23.8 Å². The molecule has 0 aliphatic carbocycles. The lowest BCUT2D eigenvalue weighted by molar-refractivity contribution is -0.119. The van der Waals surface area contributed by atoms with Gasteiger partial charge in [-0.1, -0.05) is 32.1 Å². The molecule has 21 heavy (non-hydrogen) atoms. The number of hydrogen-bond donors (Lipinski definition) is 2. The second kappa shape index (κ2) is 8.89. The van der Waals surface area contributed by atoms with Gasteiger partial charge in [0, 0.05) is 29.7 Å². The van der Waals surface area contributed by atoms with Crippen molar-refractivity contribution >= 4 is 40.6 Å². The first-order chi connectivity index (χ1) is 10.0. The molecule has 0 aromatic heterocycles. The van der Waals surface area contributed by atoms with E-state index in [2.05, 4.69) is 19.2 Å². The molecule has 116 valence electrons. The smallest absolute Gasteiger partial charge is 0.239 e. The van der Waals surface area contributed by atoms with Gasteiger partial charge >= 0.3 is 0 Å². The van der Waals surface area contributed by atoms with Crippen molar-refractivity contribution in [2.24, 2.45) is 5.73 Å². The zero-order valence-electron chi connectivity index (χ0n) is 12.8. The van der Waals surface area contributed by atoms with E-state index in [9.17, 15) is 4.79 Å². The summed E-state index contributed by atoms with van der Waals surface area (Å²) in [6, 6.07) is 5.99. The molecule has 0 bridgehead atoms. The minimum atomic E-state index is -0.0223. The molecule has 0 atom stereocenters. The molecule has 0 saturated heterocycles. The fourth-order valence-corrected chi connectivity index (χ4v) is 3.24. The molecular weight excluding hydrogens is 302 g/mol. The number of nitrogens with two attached hydrogens (primary N) is 1. The number of likely N-dealkylation sites (N-methyl/N-ethyl adjacent to an activating group) is 1. The number of thioether (sulfide) groups is 1. The largest absolute Gasteiger partial charge is 0.389 e. The molecule has 0 radical (unpaired) electrons. The Hall–Kier alpha value is -1.27. The van der Waals surface area contributed by atoms with Gasteiger partial charge in [0.2, 0.25) is 5.91 Å². The highest BCUT2D eigenvalue weighted by molar-refractivity contribution is 7.99. The Morgan fingerprint density at radius 2 is 2.14 bits per heavy atom. The number of nitrogens with zero attached hydrogens (tertiary/aromatic N) is 1. The van der Waals surface area contributed by atoms with Crippen molar-refractivity contribution in [3.8, 4) is 0 Å². The summed E-state index contributed by atoms with van der Waals surface area (Å²) in [5.74, 6) is 0.924. The summed E-state index contributed by atoms with van der Waals surface area (Å²) in [5.41, 5.74) is 7.74. The third kappa shape index (κ3) is 4.89. The Morgan fingerprint density at radius 3 is 2.67 bits per heavy atom. The van der Waals surface area contributed by atoms with Gasteiger partial charge < -0.3 is 16.0 Å². The topological polar surface area (TPSA) is 58.4 Å². The molecule has 0 heterocycles. The van der Waals surface area contributed by atoms with Crippen LogP contribution in [0.15, 0.2) is 23.1 Å². The Kier molecular flexibility index (Phi) is 7.53. The number of rotatable bonds is 8. The number of hydrogen-bond acceptors (Lipinski definition) is 4. The summed E-state index contributed by atoms with van der Waals surface area (Å²) in [6.07, 6.45) is 0.943. The Morgan fingerprint density at radius 1 is 1.43 bits per heavy atom. The van der Waals surface area contributed by atoms with Gasteiger partial charge in [-0.15, -0.1) is 11.8 Å². The van der Waals surface area contributed by atoms with Crippen molar-refractivity contribution in [2.45, 2.75) is 25.2 Å². The minimum Gasteiger partial charge on any atom is -0.389 e. The Bertz CT molecular complexity index is 506. The van der Waals surface area contributed by atoms with E-state index in [1.807, 2.05) is 23.1 Å². The standard InChI is InChI=1S/C15H23N3OS2/c1-4-9-18(10-13(19)17-3)11-7-6-8-12(21-5-2)14(11)15(16)20/h6-8H,4-5,9-10H2,1-3H3,(H2,16,20)(H,17,19). The quantitative estimate of drug-likeness (QED) is 0.568. The van der Waals surface area contributed by atoms with Crippen LogP contribution in [0.3, 0.4) is 0 Å². The number of nitrogens with one attached hydrogen (secondary N) is 1. The second-order valence-electron chi connectivity index (χ2n) is 4.54. The number of carbonyl (C=O) groups excluding carboxylic acids is 1. The van der Waals surface area contributed by atoms with Gasteiger partial charge in [-0.05, 0) is 24.3 Å². The molecule has 6 heteroatoms. The van der Waals surface area contributed by atoms with Crippen molar-refractivity contribution in [3.63, 3.8) is 0 Å². The monoisotopic (exact) mass is 325 g/mol. The molecular formula is C15H23N3OS2. The van der Waals surface area contributed by atoms with Crippen molar-refractivity contribution < 1.29 is 4.79 Å². The van der Waals surface area contributed by atoms with E-state index in [1.165, 1.54) is 0 Å². The van der Waals surface area contributed by atoms with Gasteiger partial charge in [-0.3, -0.25) is 4.79 Å². The minimum absolute atomic E-state index is 0.0223. The summed E-state index contributed by atoms with van der Waals surface area (Å²) in [4.78, 5) is 15.2. The van der Waals surface area contributed by atoms with Gasteiger partial charge in [0.15, 0.2) is 0 Å². The molecule has 0 unspecified atom stereocenters. The predicted molar refractivity (Wildman–Crippen MR) is 95.3 cm³/mol. The van der Waals surface area contributed by atoms with E-state index >= 15 is 0 Å². The molecule has 4 nitrogen and oxygen atoms in total. The molecule has 1 rings (SSSR count). The molecule has 0 aliphatic rings. The first-order valence-electron chi connectivity index (χ1n) is 7.06. The average molecular weight is 326 g/mol. The van der Waals surface area contributed by atoms with E-state index in [0.717, 1.165) is 34.9 Å². The van der Waals surface area contributed by atoms with Crippen molar-refractivity contribution in [1.29, 1.82) is 0 Å². The van der Waals surface area contributed by atoms with Crippen LogP contribution >= 0.6 is 24.0 Å². The summed E-state index contributed by atoms with van der Waals surface area (Å²) < 4.78 is 0. The number of benzene rings is 1. The fraction of sp³-hybridized carbons (Fsp3) is 0.467. The molecule has 0 saturated carbocycles. The number of amides is 1. The van der Waals surface area contributed by atoms with Crippen LogP contribution in [0.4, 0.5) is 5.69 Å². The van der Waals surface area contributed by atoms with Gasteiger partial charge in [-0.2, -0.15) is 0 Å². The predicted octanol–water partition coefficient (Wildman–Crippen LogP) is 2.40. The molecule has 3 N–H and O–H groups in total. The maximum absolute atomic E-state index is 11.7. The third-order valence-corrected chi connectivity index (χ3v) is 4.14. The lowest BCUT2D eigenvalue weighted by atomic mass is 10.1. The van der Waals surface area contributed by atoms with E-state index in [0.29, 0.717) is 11.5 Å². The van der Waals surface area contributed by atoms with Gasteiger partial charge in [0.05, 0.1) is 6.54 Å². The van der Waals surface area contributed by atoms with Crippen LogP contribution in [0.25, 0.3) is 0 Å². The SMILES string of the molecule is CCCN(CC(=O)NC)c1cccc(SCC)c1C(N)=S. The Labute approximate surface area is 136 Å². The van der Waals surface area contributed by atoms with Crippen LogP contribution in [0, 0.1) is 0 Å². The van der Waals surface area contributed by atoms with Gasteiger partial charge in [-0.25, -0.2) is 0 Å². The maximum Gasteiger partial charge on any atom is 0.239 e. The zero-order chi connectivity index (χ0) is 15.8. The van der Waals surface area contributed by atoms with E-state index in [4.69, 9.17) is 18.0 Å². The molecule has 1 amide bonds. The first kappa shape index (κ1) is 17.8. The first-order valence-corrected chi connectivity index (χ1v) is 8.45. The van der Waals surface area contributed by atoms with Gasteiger partial charge in [0.1, 0.15) is 4.99 Å². The van der Waals surface area contributed by atoms with Crippen LogP contribution in [0.1, 0.15) is 25.8 Å². The second-order valence-corrected chi connectivity index (χ2v) is 6.29. The van der Waals surface area contributed by atoms with Crippen LogP contribution in [0.5, 0.6) is 0 Å². The fourth-order valence-electron chi connectivity index (χ4n) is 2.11. The van der Waals surface area contributed by atoms with Crippen LogP contribution in [-0.4, -0.2) is 36.8 Å². The Balaban J connectivity index is 3.25. The molecule has 0 spiro atoms. The van der Waals surface area contributed by atoms with E-state index in [1.54, 1.807) is 18.8 Å². The number of anilines is 1. The van der Waals surface area contributed by atoms with Crippen LogP contribution < -0.4 is 16.0 Å². The van der Waals surface area contributed by atoms with Crippen molar-refractivity contribution in [1.82, 2.24) is 5.32 Å². The highest BCUT2D eigenvalue weighted by atomic mass is 32.2.